The van der Waals surface area contributed by atoms with Gasteiger partial charge in [0, 0.05) is 12.6 Å². The molecule has 0 fully saturated rings. The highest BCUT2D eigenvalue weighted by Gasteiger charge is 2.02. The predicted molar refractivity (Wildman–Crippen MR) is 62.9 cm³/mol. The largest absolute Gasteiger partial charge is 0.382 e. The number of hydrogen-bond donors (Lipinski definition) is 1. The van der Waals surface area contributed by atoms with Gasteiger partial charge in [0.15, 0.2) is 0 Å². The van der Waals surface area contributed by atoms with Gasteiger partial charge in [-0.1, -0.05) is 0 Å². The molecule has 0 saturated carbocycles. The summed E-state index contributed by atoms with van der Waals surface area (Å²) in [6, 6.07) is 5.58. The third-order valence-electron chi connectivity index (χ3n) is 2.24. The Labute approximate surface area is 96.7 Å². The SMILES string of the molecule is Fc1ccc(NCCc2ccsc2)c(F)c1. The van der Waals surface area contributed by atoms with Gasteiger partial charge in [0.2, 0.25) is 0 Å². The molecular formula is C12H11F2NS. The molecule has 1 aromatic carbocycles. The minimum Gasteiger partial charge on any atom is -0.382 e. The third kappa shape index (κ3) is 2.79. The Balaban J connectivity index is 1.90. The van der Waals surface area contributed by atoms with Crippen molar-refractivity contribution >= 4 is 17.0 Å². The van der Waals surface area contributed by atoms with Gasteiger partial charge in [-0.25, -0.2) is 8.78 Å². The summed E-state index contributed by atoms with van der Waals surface area (Å²) in [6.45, 7) is 0.638. The van der Waals surface area contributed by atoms with E-state index in [2.05, 4.69) is 10.7 Å². The Kier molecular flexibility index (Phi) is 3.51. The molecule has 0 spiro atoms. The van der Waals surface area contributed by atoms with Crippen molar-refractivity contribution in [3.63, 3.8) is 0 Å². The maximum absolute atomic E-state index is 13.2. The Morgan fingerprint density at radius 1 is 1.19 bits per heavy atom. The molecule has 1 aromatic heterocycles. The number of thiophene rings is 1. The summed E-state index contributed by atoms with van der Waals surface area (Å²) in [5.74, 6) is -1.11. The summed E-state index contributed by atoms with van der Waals surface area (Å²) in [5.41, 5.74) is 1.57. The first kappa shape index (κ1) is 11.1. The maximum atomic E-state index is 13.2. The Hall–Kier alpha value is -1.42. The molecule has 0 atom stereocenters. The predicted octanol–water partition coefficient (Wildman–Crippen LogP) is 3.68. The fraction of sp³-hybridized carbons (Fsp3) is 0.167. The number of rotatable bonds is 4. The Morgan fingerprint density at radius 2 is 2.06 bits per heavy atom. The zero-order valence-corrected chi connectivity index (χ0v) is 9.36. The van der Waals surface area contributed by atoms with Crippen LogP contribution in [0.3, 0.4) is 0 Å². The monoisotopic (exact) mass is 239 g/mol. The lowest BCUT2D eigenvalue weighted by Crippen LogP contribution is -2.05. The van der Waals surface area contributed by atoms with E-state index in [9.17, 15) is 8.78 Å². The van der Waals surface area contributed by atoms with E-state index in [1.54, 1.807) is 11.3 Å². The number of benzene rings is 1. The first-order valence-corrected chi connectivity index (χ1v) is 5.90. The first-order chi connectivity index (χ1) is 7.75. The van der Waals surface area contributed by atoms with Gasteiger partial charge in [-0.2, -0.15) is 11.3 Å². The van der Waals surface area contributed by atoms with Crippen molar-refractivity contribution in [2.45, 2.75) is 6.42 Å². The van der Waals surface area contributed by atoms with E-state index in [0.29, 0.717) is 12.2 Å². The van der Waals surface area contributed by atoms with Crippen molar-refractivity contribution in [2.75, 3.05) is 11.9 Å². The molecule has 0 bridgehead atoms. The molecule has 1 N–H and O–H groups in total. The van der Waals surface area contributed by atoms with Crippen LogP contribution in [0.1, 0.15) is 5.56 Å². The summed E-state index contributed by atoms with van der Waals surface area (Å²) in [4.78, 5) is 0. The normalized spacial score (nSPS) is 10.4. The first-order valence-electron chi connectivity index (χ1n) is 4.96. The standard InChI is InChI=1S/C12H11F2NS/c13-10-1-2-12(11(14)7-10)15-5-3-9-4-6-16-8-9/h1-2,4,6-8,15H,3,5H2. The van der Waals surface area contributed by atoms with Crippen molar-refractivity contribution < 1.29 is 8.78 Å². The van der Waals surface area contributed by atoms with Crippen LogP contribution in [0.2, 0.25) is 0 Å². The quantitative estimate of drug-likeness (QED) is 0.858. The molecular weight excluding hydrogens is 228 g/mol. The summed E-state index contributed by atoms with van der Waals surface area (Å²) in [7, 11) is 0. The van der Waals surface area contributed by atoms with Crippen LogP contribution in [0.4, 0.5) is 14.5 Å². The van der Waals surface area contributed by atoms with Crippen molar-refractivity contribution in [3.05, 3.63) is 52.2 Å². The van der Waals surface area contributed by atoms with Crippen molar-refractivity contribution in [2.24, 2.45) is 0 Å². The van der Waals surface area contributed by atoms with Gasteiger partial charge in [-0.15, -0.1) is 0 Å². The lowest BCUT2D eigenvalue weighted by atomic mass is 10.2. The van der Waals surface area contributed by atoms with Gasteiger partial charge < -0.3 is 5.32 Å². The van der Waals surface area contributed by atoms with Gasteiger partial charge in [-0.3, -0.25) is 0 Å². The molecule has 0 saturated heterocycles. The lowest BCUT2D eigenvalue weighted by Gasteiger charge is -2.06. The van der Waals surface area contributed by atoms with Crippen molar-refractivity contribution in [1.29, 1.82) is 0 Å². The second-order valence-electron chi connectivity index (χ2n) is 3.43. The van der Waals surface area contributed by atoms with Gasteiger partial charge >= 0.3 is 0 Å². The van der Waals surface area contributed by atoms with Crippen LogP contribution in [0, 0.1) is 11.6 Å². The highest BCUT2D eigenvalue weighted by molar-refractivity contribution is 7.07. The van der Waals surface area contributed by atoms with E-state index in [0.717, 1.165) is 12.5 Å². The van der Waals surface area contributed by atoms with Crippen LogP contribution in [-0.4, -0.2) is 6.54 Å². The molecule has 4 heteroatoms. The molecule has 0 amide bonds. The lowest BCUT2D eigenvalue weighted by molar-refractivity contribution is 0.585. The third-order valence-corrected chi connectivity index (χ3v) is 2.97. The Bertz CT molecular complexity index is 454. The van der Waals surface area contributed by atoms with E-state index in [-0.39, 0.29) is 0 Å². The van der Waals surface area contributed by atoms with Crippen molar-refractivity contribution in [1.82, 2.24) is 0 Å². The van der Waals surface area contributed by atoms with Crippen LogP contribution in [0.5, 0.6) is 0 Å². The van der Waals surface area contributed by atoms with Crippen molar-refractivity contribution in [3.8, 4) is 0 Å². The van der Waals surface area contributed by atoms with Crippen LogP contribution >= 0.6 is 11.3 Å². The molecule has 0 aliphatic rings. The maximum Gasteiger partial charge on any atom is 0.149 e. The van der Waals surface area contributed by atoms with E-state index < -0.39 is 11.6 Å². The molecule has 2 rings (SSSR count). The molecule has 84 valence electrons. The molecule has 0 aliphatic heterocycles. The van der Waals surface area contributed by atoms with Crippen LogP contribution in [0.15, 0.2) is 35.0 Å². The molecule has 2 aromatic rings. The van der Waals surface area contributed by atoms with Gasteiger partial charge in [0.1, 0.15) is 11.6 Å². The fourth-order valence-corrected chi connectivity index (χ4v) is 2.11. The van der Waals surface area contributed by atoms with Gasteiger partial charge in [0.05, 0.1) is 5.69 Å². The Morgan fingerprint density at radius 3 is 2.75 bits per heavy atom. The number of nitrogens with one attached hydrogen (secondary N) is 1. The summed E-state index contributed by atoms with van der Waals surface area (Å²) in [6.07, 6.45) is 0.834. The fourth-order valence-electron chi connectivity index (χ4n) is 1.41. The summed E-state index contributed by atoms with van der Waals surface area (Å²) >= 11 is 1.64. The molecule has 0 radical (unpaired) electrons. The summed E-state index contributed by atoms with van der Waals surface area (Å²) in [5, 5.41) is 7.01. The highest BCUT2D eigenvalue weighted by atomic mass is 32.1. The van der Waals surface area contributed by atoms with E-state index in [1.807, 2.05) is 11.4 Å². The molecule has 1 nitrogen and oxygen atoms in total. The van der Waals surface area contributed by atoms with Crippen LogP contribution in [0.25, 0.3) is 0 Å². The van der Waals surface area contributed by atoms with Crippen LogP contribution in [-0.2, 0) is 6.42 Å². The molecule has 0 aliphatic carbocycles. The molecule has 1 heterocycles. The minimum atomic E-state index is -0.555. The van der Waals surface area contributed by atoms with E-state index in [1.165, 1.54) is 17.7 Å². The van der Waals surface area contributed by atoms with E-state index in [4.69, 9.17) is 0 Å². The second-order valence-corrected chi connectivity index (χ2v) is 4.21. The van der Waals surface area contributed by atoms with Gasteiger partial charge in [0.25, 0.3) is 0 Å². The second kappa shape index (κ2) is 5.07. The smallest absolute Gasteiger partial charge is 0.149 e. The average Bonchev–Trinajstić information content (AvgIpc) is 2.74. The molecule has 16 heavy (non-hydrogen) atoms. The zero-order valence-electron chi connectivity index (χ0n) is 8.54. The van der Waals surface area contributed by atoms with Crippen LogP contribution < -0.4 is 5.32 Å². The minimum absolute atomic E-state index is 0.344. The topological polar surface area (TPSA) is 12.0 Å². The number of halogens is 2. The molecule has 0 unspecified atom stereocenters. The number of anilines is 1. The zero-order chi connectivity index (χ0) is 11.4. The summed E-state index contributed by atoms with van der Waals surface area (Å²) < 4.78 is 25.8. The highest BCUT2D eigenvalue weighted by Crippen LogP contribution is 2.15. The van der Waals surface area contributed by atoms with E-state index >= 15 is 0 Å². The average molecular weight is 239 g/mol. The number of hydrogen-bond acceptors (Lipinski definition) is 2. The van der Waals surface area contributed by atoms with Gasteiger partial charge in [-0.05, 0) is 40.9 Å².